The maximum Gasteiger partial charge on any atom is 0.242 e. The first-order chi connectivity index (χ1) is 9.61. The number of carbonyl (C=O) groups excluding carboxylic acids is 1. The van der Waals surface area contributed by atoms with Gasteiger partial charge in [0.15, 0.2) is 0 Å². The number of alkyl halides is 1. The zero-order valence-corrected chi connectivity index (χ0v) is 11.8. The van der Waals surface area contributed by atoms with Crippen molar-refractivity contribution in [2.75, 3.05) is 10.8 Å². The normalized spacial score (nSPS) is 10.3. The molecule has 0 unspecified atom stereocenters. The zero-order valence-electron chi connectivity index (χ0n) is 11.1. The molecule has 0 bridgehead atoms. The number of phenols is 1. The summed E-state index contributed by atoms with van der Waals surface area (Å²) in [5.41, 5.74) is 2.39. The highest BCUT2D eigenvalue weighted by Gasteiger charge is 2.16. The number of pyridine rings is 1. The molecule has 1 heterocycles. The van der Waals surface area contributed by atoms with Gasteiger partial charge in [-0.15, -0.1) is 11.6 Å². The second-order valence-corrected chi connectivity index (χ2v) is 4.71. The number of hydrogen-bond donors (Lipinski definition) is 1. The number of halogens is 1. The lowest BCUT2D eigenvalue weighted by Gasteiger charge is -2.22. The maximum atomic E-state index is 12.0. The summed E-state index contributed by atoms with van der Waals surface area (Å²) in [5.74, 6) is -0.0742. The summed E-state index contributed by atoms with van der Waals surface area (Å²) in [7, 11) is 0. The Morgan fingerprint density at radius 2 is 2.00 bits per heavy atom. The van der Waals surface area contributed by atoms with Crippen molar-refractivity contribution in [1.29, 1.82) is 0 Å². The van der Waals surface area contributed by atoms with Crippen LogP contribution < -0.4 is 4.90 Å². The van der Waals surface area contributed by atoms with Crippen LogP contribution >= 0.6 is 11.6 Å². The van der Waals surface area contributed by atoms with Gasteiger partial charge >= 0.3 is 0 Å². The Morgan fingerprint density at radius 1 is 1.30 bits per heavy atom. The van der Waals surface area contributed by atoms with Crippen LogP contribution in [0.3, 0.4) is 0 Å². The minimum absolute atomic E-state index is 0.0923. The highest BCUT2D eigenvalue weighted by molar-refractivity contribution is 6.29. The smallest absolute Gasteiger partial charge is 0.242 e. The van der Waals surface area contributed by atoms with Gasteiger partial charge in [-0.25, -0.2) is 0 Å². The van der Waals surface area contributed by atoms with Crippen molar-refractivity contribution >= 4 is 23.2 Å². The van der Waals surface area contributed by atoms with Gasteiger partial charge in [-0.2, -0.15) is 0 Å². The molecular formula is C15H15ClN2O2. The van der Waals surface area contributed by atoms with Crippen LogP contribution in [0.4, 0.5) is 5.69 Å². The third-order valence-corrected chi connectivity index (χ3v) is 3.23. The average molecular weight is 291 g/mol. The van der Waals surface area contributed by atoms with Gasteiger partial charge in [0.05, 0.1) is 6.54 Å². The molecule has 0 aliphatic heterocycles. The van der Waals surface area contributed by atoms with Crippen molar-refractivity contribution in [3.05, 3.63) is 53.9 Å². The van der Waals surface area contributed by atoms with E-state index in [1.807, 2.05) is 12.1 Å². The number of anilines is 1. The lowest BCUT2D eigenvalue weighted by molar-refractivity contribution is -0.116. The van der Waals surface area contributed by atoms with Gasteiger partial charge in [0.2, 0.25) is 5.91 Å². The third-order valence-electron chi connectivity index (χ3n) is 3.00. The van der Waals surface area contributed by atoms with Crippen molar-refractivity contribution in [3.8, 4) is 5.75 Å². The van der Waals surface area contributed by atoms with E-state index in [4.69, 9.17) is 11.6 Å². The van der Waals surface area contributed by atoms with E-state index in [9.17, 15) is 9.90 Å². The molecule has 0 atom stereocenters. The largest absolute Gasteiger partial charge is 0.508 e. The number of nitrogens with zero attached hydrogens (tertiary/aromatic N) is 2. The number of phenolic OH excluding ortho intramolecular Hbond substituents is 1. The summed E-state index contributed by atoms with van der Waals surface area (Å²) in [6.45, 7) is 2.20. The Labute approximate surface area is 122 Å². The Bertz CT molecular complexity index is 602. The molecule has 5 heteroatoms. The summed E-state index contributed by atoms with van der Waals surface area (Å²) >= 11 is 5.68. The molecule has 0 aliphatic carbocycles. The predicted molar refractivity (Wildman–Crippen MR) is 79.0 cm³/mol. The number of hydrogen-bond acceptors (Lipinski definition) is 3. The van der Waals surface area contributed by atoms with E-state index in [-0.39, 0.29) is 17.5 Å². The van der Waals surface area contributed by atoms with Crippen molar-refractivity contribution in [2.24, 2.45) is 0 Å². The molecule has 1 N–H and O–H groups in total. The zero-order chi connectivity index (χ0) is 14.5. The summed E-state index contributed by atoms with van der Waals surface area (Å²) in [6, 6.07) is 8.74. The van der Waals surface area contributed by atoms with Gasteiger partial charge in [0, 0.05) is 18.1 Å². The molecular weight excluding hydrogens is 276 g/mol. The molecule has 1 aromatic carbocycles. The first kappa shape index (κ1) is 14.3. The Hall–Kier alpha value is -2.07. The summed E-state index contributed by atoms with van der Waals surface area (Å²) in [5, 5.41) is 9.57. The third kappa shape index (κ3) is 3.27. The van der Waals surface area contributed by atoms with Crippen LogP contribution in [0.1, 0.15) is 11.1 Å². The molecule has 1 aromatic heterocycles. The second-order valence-electron chi connectivity index (χ2n) is 4.44. The molecule has 2 aromatic rings. The summed E-state index contributed by atoms with van der Waals surface area (Å²) < 4.78 is 0. The SMILES string of the molecule is Cc1cc(N(Cc2ccncc2)C(=O)CCl)ccc1O. The molecule has 20 heavy (non-hydrogen) atoms. The summed E-state index contributed by atoms with van der Waals surface area (Å²) in [4.78, 5) is 17.6. The Morgan fingerprint density at radius 3 is 2.60 bits per heavy atom. The van der Waals surface area contributed by atoms with Gasteiger partial charge in [-0.3, -0.25) is 9.78 Å². The lowest BCUT2D eigenvalue weighted by Crippen LogP contribution is -2.31. The van der Waals surface area contributed by atoms with E-state index in [1.165, 1.54) is 0 Å². The topological polar surface area (TPSA) is 53.4 Å². The van der Waals surface area contributed by atoms with Crippen LogP contribution in [-0.2, 0) is 11.3 Å². The van der Waals surface area contributed by atoms with Crippen LogP contribution in [-0.4, -0.2) is 21.9 Å². The van der Waals surface area contributed by atoms with Crippen LogP contribution in [0.15, 0.2) is 42.7 Å². The Balaban J connectivity index is 2.32. The van der Waals surface area contributed by atoms with E-state index >= 15 is 0 Å². The van der Waals surface area contributed by atoms with Gasteiger partial charge in [-0.05, 0) is 48.4 Å². The number of benzene rings is 1. The average Bonchev–Trinajstić information content (AvgIpc) is 2.48. The number of aryl methyl sites for hydroxylation is 1. The molecule has 0 fully saturated rings. The van der Waals surface area contributed by atoms with E-state index in [0.29, 0.717) is 17.8 Å². The fourth-order valence-electron chi connectivity index (χ4n) is 1.87. The molecule has 0 aliphatic rings. The van der Waals surface area contributed by atoms with E-state index in [1.54, 1.807) is 42.4 Å². The quantitative estimate of drug-likeness (QED) is 0.881. The predicted octanol–water partition coefficient (Wildman–Crippen LogP) is 2.87. The van der Waals surface area contributed by atoms with Crippen LogP contribution in [0, 0.1) is 6.92 Å². The molecule has 4 nitrogen and oxygen atoms in total. The lowest BCUT2D eigenvalue weighted by atomic mass is 10.1. The Kier molecular flexibility index (Phi) is 4.58. The molecule has 104 valence electrons. The number of aromatic hydroxyl groups is 1. The van der Waals surface area contributed by atoms with E-state index in [2.05, 4.69) is 4.98 Å². The minimum Gasteiger partial charge on any atom is -0.508 e. The van der Waals surface area contributed by atoms with Crippen molar-refractivity contribution < 1.29 is 9.90 Å². The van der Waals surface area contributed by atoms with Gasteiger partial charge in [0.1, 0.15) is 11.6 Å². The number of amides is 1. The van der Waals surface area contributed by atoms with Crippen LogP contribution in [0.2, 0.25) is 0 Å². The first-order valence-corrected chi connectivity index (χ1v) is 6.70. The number of carbonyl (C=O) groups is 1. The van der Waals surface area contributed by atoms with Gasteiger partial charge in [-0.1, -0.05) is 0 Å². The second kappa shape index (κ2) is 6.39. The fraction of sp³-hybridized carbons (Fsp3) is 0.200. The van der Waals surface area contributed by atoms with Crippen LogP contribution in [0.25, 0.3) is 0 Å². The molecule has 0 saturated heterocycles. The van der Waals surface area contributed by atoms with E-state index < -0.39 is 0 Å². The molecule has 0 saturated carbocycles. The first-order valence-electron chi connectivity index (χ1n) is 6.16. The van der Waals surface area contributed by atoms with Gasteiger partial charge < -0.3 is 10.0 Å². The van der Waals surface area contributed by atoms with Crippen molar-refractivity contribution in [1.82, 2.24) is 4.98 Å². The van der Waals surface area contributed by atoms with Crippen LogP contribution in [0.5, 0.6) is 5.75 Å². The highest BCUT2D eigenvalue weighted by Crippen LogP contribution is 2.24. The maximum absolute atomic E-state index is 12.0. The highest BCUT2D eigenvalue weighted by atomic mass is 35.5. The number of rotatable bonds is 4. The summed E-state index contributed by atoms with van der Waals surface area (Å²) in [6.07, 6.45) is 3.36. The molecule has 1 amide bonds. The molecule has 0 spiro atoms. The van der Waals surface area contributed by atoms with Crippen molar-refractivity contribution in [2.45, 2.75) is 13.5 Å². The van der Waals surface area contributed by atoms with Gasteiger partial charge in [0.25, 0.3) is 0 Å². The fourth-order valence-corrected chi connectivity index (χ4v) is 2.02. The van der Waals surface area contributed by atoms with E-state index in [0.717, 1.165) is 5.56 Å². The minimum atomic E-state index is -0.187. The number of aromatic nitrogens is 1. The molecule has 2 rings (SSSR count). The molecule has 0 radical (unpaired) electrons. The monoisotopic (exact) mass is 290 g/mol. The van der Waals surface area contributed by atoms with Crippen molar-refractivity contribution in [3.63, 3.8) is 0 Å². The standard InChI is InChI=1S/C15H15ClN2O2/c1-11-8-13(2-3-14(11)19)18(15(20)9-16)10-12-4-6-17-7-5-12/h2-8,19H,9-10H2,1H3.